The highest BCUT2D eigenvalue weighted by Crippen LogP contribution is 2.38. The molecule has 0 unspecified atom stereocenters. The Bertz CT molecular complexity index is 636. The van der Waals surface area contributed by atoms with E-state index in [1.165, 1.54) is 0 Å². The lowest BCUT2D eigenvalue weighted by Gasteiger charge is -2.32. The van der Waals surface area contributed by atoms with E-state index >= 15 is 0 Å². The minimum absolute atomic E-state index is 0.271. The first-order valence-corrected chi connectivity index (χ1v) is 7.68. The van der Waals surface area contributed by atoms with Crippen LogP contribution >= 0.6 is 0 Å². The number of hydrogen-bond donors (Lipinski definition) is 2. The van der Waals surface area contributed by atoms with Crippen LogP contribution in [0.2, 0.25) is 0 Å². The first kappa shape index (κ1) is 17.7. The summed E-state index contributed by atoms with van der Waals surface area (Å²) in [7, 11) is -0.530. The van der Waals surface area contributed by atoms with Crippen LogP contribution in [0.4, 0.5) is 0 Å². The van der Waals surface area contributed by atoms with Gasteiger partial charge in [-0.3, -0.25) is 0 Å². The average molecular weight is 317 g/mol. The van der Waals surface area contributed by atoms with E-state index in [2.05, 4.69) is 0 Å². The van der Waals surface area contributed by atoms with Gasteiger partial charge in [0, 0.05) is 6.54 Å². The molecule has 5 nitrogen and oxygen atoms in total. The van der Waals surface area contributed by atoms with Crippen LogP contribution in [-0.2, 0) is 9.31 Å². The largest absolute Gasteiger partial charge is 0.491 e. The van der Waals surface area contributed by atoms with Crippen molar-refractivity contribution in [1.82, 2.24) is 0 Å². The Hall–Kier alpha value is -1.63. The summed E-state index contributed by atoms with van der Waals surface area (Å²) in [6.45, 7) is 9.99. The number of carbonyl (C=O) groups is 1. The summed E-state index contributed by atoms with van der Waals surface area (Å²) >= 11 is 0. The maximum absolute atomic E-state index is 11.3. The Morgan fingerprint density at radius 2 is 1.83 bits per heavy atom. The molecule has 0 saturated carbocycles. The van der Waals surface area contributed by atoms with Crippen LogP contribution in [0.15, 0.2) is 23.7 Å². The van der Waals surface area contributed by atoms with Gasteiger partial charge in [0.15, 0.2) is 0 Å². The molecule has 6 heteroatoms. The second-order valence-electron chi connectivity index (χ2n) is 6.84. The molecule has 1 aromatic carbocycles. The third-order valence-corrected chi connectivity index (χ3v) is 4.74. The van der Waals surface area contributed by atoms with Crippen molar-refractivity contribution in [1.29, 1.82) is 0 Å². The number of rotatable bonds is 4. The second-order valence-corrected chi connectivity index (χ2v) is 6.84. The Morgan fingerprint density at radius 1 is 1.26 bits per heavy atom. The maximum Gasteiger partial charge on any atom is 0.491 e. The quantitative estimate of drug-likeness (QED) is 0.834. The van der Waals surface area contributed by atoms with Crippen LogP contribution in [0.3, 0.4) is 0 Å². The van der Waals surface area contributed by atoms with Gasteiger partial charge in [-0.1, -0.05) is 18.2 Å². The van der Waals surface area contributed by atoms with Crippen LogP contribution in [-0.4, -0.2) is 35.9 Å². The fourth-order valence-corrected chi connectivity index (χ4v) is 2.46. The SMILES string of the molecule is Cc1c(C=C(CN)B2OC(C)(C)C(C)(C)O2)cccc1C(=O)O. The molecule has 3 N–H and O–H groups in total. The molecule has 23 heavy (non-hydrogen) atoms. The van der Waals surface area contributed by atoms with Crippen LogP contribution in [0.5, 0.6) is 0 Å². The molecule has 124 valence electrons. The normalized spacial score (nSPS) is 19.9. The van der Waals surface area contributed by atoms with Gasteiger partial charge in [0.05, 0.1) is 16.8 Å². The van der Waals surface area contributed by atoms with E-state index in [9.17, 15) is 9.90 Å². The fraction of sp³-hybridized carbons (Fsp3) is 0.471. The van der Waals surface area contributed by atoms with E-state index in [0.29, 0.717) is 5.56 Å². The molecule has 1 saturated heterocycles. The van der Waals surface area contributed by atoms with E-state index in [4.69, 9.17) is 15.0 Å². The summed E-state index contributed by atoms with van der Waals surface area (Å²) in [6, 6.07) is 5.18. The van der Waals surface area contributed by atoms with Gasteiger partial charge >= 0.3 is 13.1 Å². The Labute approximate surface area is 137 Å². The summed E-state index contributed by atoms with van der Waals surface area (Å²) in [6.07, 6.45) is 1.86. The van der Waals surface area contributed by atoms with Crippen molar-refractivity contribution in [3.8, 4) is 0 Å². The number of carboxylic acid groups (broad SMARTS) is 1. The van der Waals surface area contributed by atoms with Crippen molar-refractivity contribution in [3.05, 3.63) is 40.4 Å². The lowest BCUT2D eigenvalue weighted by Crippen LogP contribution is -2.41. The van der Waals surface area contributed by atoms with E-state index in [1.807, 2.05) is 39.8 Å². The van der Waals surface area contributed by atoms with Crippen LogP contribution in [0.25, 0.3) is 6.08 Å². The van der Waals surface area contributed by atoms with Crippen molar-refractivity contribution < 1.29 is 19.2 Å². The van der Waals surface area contributed by atoms with Crippen LogP contribution in [0.1, 0.15) is 49.2 Å². The van der Waals surface area contributed by atoms with E-state index in [0.717, 1.165) is 11.0 Å². The predicted molar refractivity (Wildman–Crippen MR) is 91.3 cm³/mol. The molecule has 1 aliphatic heterocycles. The molecule has 0 spiro atoms. The van der Waals surface area contributed by atoms with E-state index in [1.54, 1.807) is 19.1 Å². The highest BCUT2D eigenvalue weighted by atomic mass is 16.7. The van der Waals surface area contributed by atoms with Crippen LogP contribution < -0.4 is 5.73 Å². The molecule has 0 amide bonds. The van der Waals surface area contributed by atoms with Crippen molar-refractivity contribution in [2.75, 3.05) is 6.54 Å². The monoisotopic (exact) mass is 317 g/mol. The minimum Gasteiger partial charge on any atom is -0.478 e. The lowest BCUT2D eigenvalue weighted by atomic mass is 9.76. The summed E-state index contributed by atoms with van der Waals surface area (Å²) in [5.41, 5.74) is 7.57. The second kappa shape index (κ2) is 6.11. The molecule has 0 atom stereocenters. The summed E-state index contributed by atoms with van der Waals surface area (Å²) in [4.78, 5) is 11.3. The minimum atomic E-state index is -0.942. The highest BCUT2D eigenvalue weighted by molar-refractivity contribution is 6.55. The number of benzene rings is 1. The van der Waals surface area contributed by atoms with Crippen molar-refractivity contribution in [2.45, 2.75) is 45.8 Å². The zero-order chi connectivity index (χ0) is 17.4. The molecule has 1 heterocycles. The summed E-state index contributed by atoms with van der Waals surface area (Å²) in [5, 5.41) is 9.24. The first-order valence-electron chi connectivity index (χ1n) is 7.68. The third-order valence-electron chi connectivity index (χ3n) is 4.74. The molecule has 0 radical (unpaired) electrons. The van der Waals surface area contributed by atoms with Gasteiger partial charge < -0.3 is 20.1 Å². The van der Waals surface area contributed by atoms with Gasteiger partial charge in [0.25, 0.3) is 0 Å². The van der Waals surface area contributed by atoms with Gasteiger partial charge in [0.2, 0.25) is 0 Å². The lowest BCUT2D eigenvalue weighted by molar-refractivity contribution is 0.00578. The molecule has 0 aliphatic carbocycles. The fourth-order valence-electron chi connectivity index (χ4n) is 2.46. The van der Waals surface area contributed by atoms with Gasteiger partial charge in [-0.05, 0) is 57.3 Å². The standard InChI is InChI=1S/C17H24BNO4/c1-11-12(7-6-8-14(11)15(20)21)9-13(10-19)18-22-16(2,3)17(4,5)23-18/h6-9H,10,19H2,1-5H3,(H,20,21). The van der Waals surface area contributed by atoms with Gasteiger partial charge in [-0.15, -0.1) is 0 Å². The number of carboxylic acids is 1. The molecule has 1 aromatic rings. The molecule has 1 aliphatic rings. The molecule has 1 fully saturated rings. The molecule has 0 bridgehead atoms. The first-order chi connectivity index (χ1) is 10.6. The van der Waals surface area contributed by atoms with Crippen molar-refractivity contribution in [3.63, 3.8) is 0 Å². The van der Waals surface area contributed by atoms with E-state index < -0.39 is 24.3 Å². The van der Waals surface area contributed by atoms with Gasteiger partial charge in [0.1, 0.15) is 0 Å². The molecular weight excluding hydrogens is 293 g/mol. The molecular formula is C17H24BNO4. The van der Waals surface area contributed by atoms with Crippen LogP contribution in [0, 0.1) is 6.92 Å². The maximum atomic E-state index is 11.3. The number of nitrogens with two attached hydrogens (primary N) is 1. The zero-order valence-corrected chi connectivity index (χ0v) is 14.3. The van der Waals surface area contributed by atoms with Gasteiger partial charge in [-0.2, -0.15) is 0 Å². The smallest absolute Gasteiger partial charge is 0.478 e. The number of hydrogen-bond acceptors (Lipinski definition) is 4. The average Bonchev–Trinajstić information content (AvgIpc) is 2.65. The summed E-state index contributed by atoms with van der Waals surface area (Å²) < 4.78 is 12.0. The molecule has 0 aromatic heterocycles. The third kappa shape index (κ3) is 3.34. The Morgan fingerprint density at radius 3 is 2.30 bits per heavy atom. The Kier molecular flexibility index (Phi) is 4.71. The number of aromatic carboxylic acids is 1. The van der Waals surface area contributed by atoms with E-state index in [-0.39, 0.29) is 12.1 Å². The zero-order valence-electron chi connectivity index (χ0n) is 14.3. The highest BCUT2D eigenvalue weighted by Gasteiger charge is 2.52. The van der Waals surface area contributed by atoms with Crippen molar-refractivity contribution in [2.24, 2.45) is 5.73 Å². The molecule has 2 rings (SSSR count). The Balaban J connectivity index is 2.38. The van der Waals surface area contributed by atoms with Crippen molar-refractivity contribution >= 4 is 19.2 Å². The summed E-state index contributed by atoms with van der Waals surface area (Å²) in [5.74, 6) is -0.942. The van der Waals surface area contributed by atoms with Gasteiger partial charge in [-0.25, -0.2) is 4.79 Å². The topological polar surface area (TPSA) is 81.8 Å². The predicted octanol–water partition coefficient (Wildman–Crippen LogP) is 2.67.